The summed E-state index contributed by atoms with van der Waals surface area (Å²) in [7, 11) is 0. The van der Waals surface area contributed by atoms with Gasteiger partial charge in [-0.3, -0.25) is 9.59 Å². The molecule has 1 saturated carbocycles. The first kappa shape index (κ1) is 13.0. The summed E-state index contributed by atoms with van der Waals surface area (Å²) in [4.78, 5) is 22.6. The van der Waals surface area contributed by atoms with Crippen LogP contribution in [0.4, 0.5) is 0 Å². The van der Waals surface area contributed by atoms with Crippen LogP contribution in [0.5, 0.6) is 0 Å². The zero-order valence-electron chi connectivity index (χ0n) is 10.3. The molecule has 92 valence electrons. The van der Waals surface area contributed by atoms with E-state index < -0.39 is 0 Å². The van der Waals surface area contributed by atoms with E-state index in [1.165, 1.54) is 6.92 Å². The SMILES string of the molecule is CC(=O)N[C@H]1CCC[C@@H](C(=O)OC(C)C)C1. The van der Waals surface area contributed by atoms with Gasteiger partial charge in [0.2, 0.25) is 5.91 Å². The summed E-state index contributed by atoms with van der Waals surface area (Å²) < 4.78 is 5.19. The predicted molar refractivity (Wildman–Crippen MR) is 60.8 cm³/mol. The Bertz CT molecular complexity index is 263. The van der Waals surface area contributed by atoms with Crippen LogP contribution in [0.1, 0.15) is 46.5 Å². The highest BCUT2D eigenvalue weighted by atomic mass is 16.5. The van der Waals surface area contributed by atoms with E-state index in [0.717, 1.165) is 19.3 Å². The first-order chi connectivity index (χ1) is 7.49. The van der Waals surface area contributed by atoms with E-state index in [0.29, 0.717) is 6.42 Å². The van der Waals surface area contributed by atoms with Gasteiger partial charge in [0.05, 0.1) is 12.0 Å². The van der Waals surface area contributed by atoms with Crippen LogP contribution in [0.15, 0.2) is 0 Å². The number of rotatable bonds is 3. The number of carbonyl (C=O) groups is 2. The Hall–Kier alpha value is -1.06. The van der Waals surface area contributed by atoms with Crippen molar-refractivity contribution in [1.29, 1.82) is 0 Å². The van der Waals surface area contributed by atoms with Crippen LogP contribution >= 0.6 is 0 Å². The lowest BCUT2D eigenvalue weighted by molar-refractivity contribution is -0.154. The Kier molecular flexibility index (Phi) is 4.77. The maximum Gasteiger partial charge on any atom is 0.309 e. The van der Waals surface area contributed by atoms with Crippen LogP contribution in [0.3, 0.4) is 0 Å². The Labute approximate surface area is 96.7 Å². The fourth-order valence-electron chi connectivity index (χ4n) is 2.15. The molecule has 4 heteroatoms. The molecule has 0 bridgehead atoms. The van der Waals surface area contributed by atoms with Gasteiger partial charge in [0.1, 0.15) is 0 Å². The van der Waals surface area contributed by atoms with Crippen molar-refractivity contribution in [2.24, 2.45) is 5.92 Å². The molecule has 0 heterocycles. The van der Waals surface area contributed by atoms with E-state index in [2.05, 4.69) is 5.32 Å². The summed E-state index contributed by atoms with van der Waals surface area (Å²) in [6.07, 6.45) is 3.47. The van der Waals surface area contributed by atoms with Gasteiger partial charge in [-0.05, 0) is 33.1 Å². The van der Waals surface area contributed by atoms with E-state index in [-0.39, 0.29) is 29.9 Å². The Morgan fingerprint density at radius 3 is 2.56 bits per heavy atom. The van der Waals surface area contributed by atoms with Gasteiger partial charge in [-0.1, -0.05) is 6.42 Å². The number of nitrogens with one attached hydrogen (secondary N) is 1. The summed E-state index contributed by atoms with van der Waals surface area (Å²) in [6.45, 7) is 5.22. The maximum absolute atomic E-state index is 11.7. The second-order valence-corrected chi connectivity index (χ2v) is 4.75. The molecule has 1 rings (SSSR count). The lowest BCUT2D eigenvalue weighted by atomic mass is 9.85. The molecule has 0 saturated heterocycles. The van der Waals surface area contributed by atoms with Gasteiger partial charge in [-0.15, -0.1) is 0 Å². The number of carbonyl (C=O) groups excluding carboxylic acids is 2. The smallest absolute Gasteiger partial charge is 0.309 e. The highest BCUT2D eigenvalue weighted by molar-refractivity contribution is 5.74. The number of amides is 1. The van der Waals surface area contributed by atoms with Crippen molar-refractivity contribution in [3.8, 4) is 0 Å². The van der Waals surface area contributed by atoms with Crippen molar-refractivity contribution in [3.63, 3.8) is 0 Å². The standard InChI is InChI=1S/C12H21NO3/c1-8(2)16-12(15)10-5-4-6-11(7-10)13-9(3)14/h8,10-11H,4-7H2,1-3H3,(H,13,14)/t10-,11+/m1/s1. The highest BCUT2D eigenvalue weighted by Gasteiger charge is 2.29. The topological polar surface area (TPSA) is 55.4 Å². The molecule has 0 spiro atoms. The fourth-order valence-corrected chi connectivity index (χ4v) is 2.15. The molecule has 1 amide bonds. The molecule has 1 aliphatic carbocycles. The molecule has 2 atom stereocenters. The van der Waals surface area contributed by atoms with Crippen LogP contribution in [0, 0.1) is 5.92 Å². The molecule has 4 nitrogen and oxygen atoms in total. The van der Waals surface area contributed by atoms with E-state index in [9.17, 15) is 9.59 Å². The molecule has 1 aliphatic rings. The van der Waals surface area contributed by atoms with Crippen molar-refractivity contribution in [1.82, 2.24) is 5.32 Å². The summed E-state index contributed by atoms with van der Waals surface area (Å²) in [5.41, 5.74) is 0. The molecule has 0 aliphatic heterocycles. The van der Waals surface area contributed by atoms with Crippen molar-refractivity contribution < 1.29 is 14.3 Å². The van der Waals surface area contributed by atoms with Gasteiger partial charge in [-0.25, -0.2) is 0 Å². The van der Waals surface area contributed by atoms with Crippen molar-refractivity contribution in [2.45, 2.75) is 58.6 Å². The summed E-state index contributed by atoms with van der Waals surface area (Å²) in [5, 5.41) is 2.87. The molecule has 0 aromatic rings. The fraction of sp³-hybridized carbons (Fsp3) is 0.833. The minimum atomic E-state index is -0.120. The van der Waals surface area contributed by atoms with E-state index >= 15 is 0 Å². The molecular weight excluding hydrogens is 206 g/mol. The number of hydrogen-bond acceptors (Lipinski definition) is 3. The predicted octanol–water partition coefficient (Wildman–Crippen LogP) is 1.63. The third kappa shape index (κ3) is 4.21. The van der Waals surface area contributed by atoms with Crippen molar-refractivity contribution >= 4 is 11.9 Å². The van der Waals surface area contributed by atoms with Gasteiger partial charge in [0.25, 0.3) is 0 Å². The van der Waals surface area contributed by atoms with Crippen LogP contribution in [0.2, 0.25) is 0 Å². The van der Waals surface area contributed by atoms with E-state index in [4.69, 9.17) is 4.74 Å². The quantitative estimate of drug-likeness (QED) is 0.746. The monoisotopic (exact) mass is 227 g/mol. The van der Waals surface area contributed by atoms with Crippen LogP contribution < -0.4 is 5.32 Å². The molecule has 16 heavy (non-hydrogen) atoms. The van der Waals surface area contributed by atoms with Crippen LogP contribution in [0.25, 0.3) is 0 Å². The Balaban J connectivity index is 2.43. The Morgan fingerprint density at radius 1 is 1.31 bits per heavy atom. The third-order valence-electron chi connectivity index (χ3n) is 2.77. The van der Waals surface area contributed by atoms with E-state index in [1.54, 1.807) is 0 Å². The van der Waals surface area contributed by atoms with Crippen molar-refractivity contribution in [2.75, 3.05) is 0 Å². The lowest BCUT2D eigenvalue weighted by Gasteiger charge is -2.28. The largest absolute Gasteiger partial charge is 0.463 e. The Morgan fingerprint density at radius 2 is 2.00 bits per heavy atom. The lowest BCUT2D eigenvalue weighted by Crippen LogP contribution is -2.39. The van der Waals surface area contributed by atoms with Crippen molar-refractivity contribution in [3.05, 3.63) is 0 Å². The zero-order valence-corrected chi connectivity index (χ0v) is 10.3. The molecule has 0 radical (unpaired) electrons. The average molecular weight is 227 g/mol. The summed E-state index contributed by atoms with van der Waals surface area (Å²) in [6, 6.07) is 0.135. The van der Waals surface area contributed by atoms with Gasteiger partial charge in [0, 0.05) is 13.0 Å². The zero-order chi connectivity index (χ0) is 12.1. The molecule has 1 N–H and O–H groups in total. The van der Waals surface area contributed by atoms with Gasteiger partial charge in [-0.2, -0.15) is 0 Å². The maximum atomic E-state index is 11.7. The number of hydrogen-bond donors (Lipinski definition) is 1. The minimum Gasteiger partial charge on any atom is -0.463 e. The number of ether oxygens (including phenoxy) is 1. The summed E-state index contributed by atoms with van der Waals surface area (Å²) in [5.74, 6) is -0.194. The third-order valence-corrected chi connectivity index (χ3v) is 2.77. The van der Waals surface area contributed by atoms with E-state index in [1.807, 2.05) is 13.8 Å². The first-order valence-corrected chi connectivity index (χ1v) is 5.96. The minimum absolute atomic E-state index is 0.0251. The van der Waals surface area contributed by atoms with Gasteiger partial charge in [0.15, 0.2) is 0 Å². The molecular formula is C12H21NO3. The van der Waals surface area contributed by atoms with Gasteiger partial charge < -0.3 is 10.1 Å². The normalized spacial score (nSPS) is 25.2. The van der Waals surface area contributed by atoms with Gasteiger partial charge >= 0.3 is 5.97 Å². The highest BCUT2D eigenvalue weighted by Crippen LogP contribution is 2.25. The second kappa shape index (κ2) is 5.87. The number of esters is 1. The molecule has 0 aromatic heterocycles. The molecule has 1 fully saturated rings. The first-order valence-electron chi connectivity index (χ1n) is 5.96. The summed E-state index contributed by atoms with van der Waals surface area (Å²) >= 11 is 0. The van der Waals surface area contributed by atoms with Crippen LogP contribution in [-0.2, 0) is 14.3 Å². The molecule has 0 unspecified atom stereocenters. The van der Waals surface area contributed by atoms with Crippen LogP contribution in [-0.4, -0.2) is 24.0 Å². The average Bonchev–Trinajstić information content (AvgIpc) is 2.16. The molecule has 0 aromatic carbocycles. The second-order valence-electron chi connectivity index (χ2n) is 4.75.